The Morgan fingerprint density at radius 1 is 1.33 bits per heavy atom. The second kappa shape index (κ2) is 7.65. The second-order valence-corrected chi connectivity index (χ2v) is 4.27. The molecule has 0 aliphatic heterocycles. The molecule has 0 bridgehead atoms. The van der Waals surface area contributed by atoms with Gasteiger partial charge in [0.25, 0.3) is 0 Å². The molecule has 2 atom stereocenters. The van der Waals surface area contributed by atoms with Gasteiger partial charge in [0.05, 0.1) is 19.4 Å². The maximum absolute atomic E-state index is 11.8. The van der Waals surface area contributed by atoms with Crippen LogP contribution in [0.2, 0.25) is 0 Å². The molecule has 4 N–H and O–H groups in total. The number of aliphatic carboxylic acids is 1. The molecule has 0 aromatic heterocycles. The highest BCUT2D eigenvalue weighted by molar-refractivity contribution is 5.88. The Labute approximate surface area is 106 Å². The van der Waals surface area contributed by atoms with E-state index >= 15 is 0 Å². The quantitative estimate of drug-likeness (QED) is 0.523. The van der Waals surface area contributed by atoms with Gasteiger partial charge in [0, 0.05) is 6.54 Å². The lowest BCUT2D eigenvalue weighted by Crippen LogP contribution is -2.47. The van der Waals surface area contributed by atoms with Gasteiger partial charge in [0.15, 0.2) is 0 Å². The summed E-state index contributed by atoms with van der Waals surface area (Å²) in [5.74, 6) is -2.94. The SMILES string of the molecule is COC(=O)C[C@H](NC(=O)C(CN)C(C)C)C(=O)O. The van der Waals surface area contributed by atoms with Crippen LogP contribution in [0.3, 0.4) is 0 Å². The maximum Gasteiger partial charge on any atom is 0.326 e. The first-order valence-electron chi connectivity index (χ1n) is 5.63. The van der Waals surface area contributed by atoms with Crippen molar-refractivity contribution in [3.05, 3.63) is 0 Å². The number of methoxy groups -OCH3 is 1. The summed E-state index contributed by atoms with van der Waals surface area (Å²) in [6.45, 7) is 3.74. The van der Waals surface area contributed by atoms with Crippen molar-refractivity contribution >= 4 is 17.8 Å². The summed E-state index contributed by atoms with van der Waals surface area (Å²) >= 11 is 0. The van der Waals surface area contributed by atoms with Gasteiger partial charge in [-0.3, -0.25) is 9.59 Å². The predicted molar refractivity (Wildman–Crippen MR) is 63.6 cm³/mol. The summed E-state index contributed by atoms with van der Waals surface area (Å²) < 4.78 is 4.37. The number of nitrogens with two attached hydrogens (primary N) is 1. The highest BCUT2D eigenvalue weighted by Gasteiger charge is 2.28. The van der Waals surface area contributed by atoms with Gasteiger partial charge in [-0.2, -0.15) is 0 Å². The van der Waals surface area contributed by atoms with Crippen molar-refractivity contribution in [2.24, 2.45) is 17.6 Å². The summed E-state index contributed by atoms with van der Waals surface area (Å²) in [4.78, 5) is 33.7. The third-order valence-electron chi connectivity index (χ3n) is 2.61. The molecule has 0 aliphatic carbocycles. The van der Waals surface area contributed by atoms with Crippen LogP contribution in [-0.2, 0) is 19.1 Å². The van der Waals surface area contributed by atoms with Crippen LogP contribution in [0.25, 0.3) is 0 Å². The van der Waals surface area contributed by atoms with E-state index in [0.29, 0.717) is 0 Å². The van der Waals surface area contributed by atoms with Crippen LogP contribution in [0.5, 0.6) is 0 Å². The zero-order valence-electron chi connectivity index (χ0n) is 10.8. The minimum absolute atomic E-state index is 0.0115. The van der Waals surface area contributed by atoms with E-state index in [2.05, 4.69) is 10.1 Å². The average molecular weight is 260 g/mol. The first-order chi connectivity index (χ1) is 8.33. The van der Waals surface area contributed by atoms with Crippen LogP contribution < -0.4 is 11.1 Å². The van der Waals surface area contributed by atoms with E-state index in [1.54, 1.807) is 0 Å². The molecule has 18 heavy (non-hydrogen) atoms. The summed E-state index contributed by atoms with van der Waals surface area (Å²) in [5.41, 5.74) is 5.45. The molecule has 0 heterocycles. The highest BCUT2D eigenvalue weighted by Crippen LogP contribution is 2.10. The fourth-order valence-corrected chi connectivity index (χ4v) is 1.41. The Balaban J connectivity index is 4.63. The fraction of sp³-hybridized carbons (Fsp3) is 0.727. The van der Waals surface area contributed by atoms with E-state index in [1.165, 1.54) is 0 Å². The van der Waals surface area contributed by atoms with Gasteiger partial charge in [0.1, 0.15) is 6.04 Å². The van der Waals surface area contributed by atoms with Crippen molar-refractivity contribution in [2.45, 2.75) is 26.3 Å². The zero-order chi connectivity index (χ0) is 14.3. The molecule has 0 spiro atoms. The molecule has 7 heteroatoms. The number of carboxylic acid groups (broad SMARTS) is 1. The zero-order valence-corrected chi connectivity index (χ0v) is 10.8. The first-order valence-corrected chi connectivity index (χ1v) is 5.63. The van der Waals surface area contributed by atoms with E-state index in [0.717, 1.165) is 7.11 Å². The number of hydrogen-bond donors (Lipinski definition) is 3. The van der Waals surface area contributed by atoms with Gasteiger partial charge >= 0.3 is 11.9 Å². The molecule has 0 aromatic rings. The molecule has 0 rings (SSSR count). The van der Waals surface area contributed by atoms with Crippen LogP contribution in [-0.4, -0.2) is 42.6 Å². The van der Waals surface area contributed by atoms with Crippen molar-refractivity contribution in [3.8, 4) is 0 Å². The van der Waals surface area contributed by atoms with E-state index in [-0.39, 0.29) is 12.5 Å². The average Bonchev–Trinajstić information content (AvgIpc) is 2.27. The van der Waals surface area contributed by atoms with E-state index in [9.17, 15) is 14.4 Å². The third kappa shape index (κ3) is 5.13. The summed E-state index contributed by atoms with van der Waals surface area (Å²) in [6, 6.07) is -1.29. The minimum Gasteiger partial charge on any atom is -0.480 e. The molecule has 0 saturated carbocycles. The minimum atomic E-state index is -1.29. The molecule has 0 aromatic carbocycles. The van der Waals surface area contributed by atoms with Crippen molar-refractivity contribution in [3.63, 3.8) is 0 Å². The van der Waals surface area contributed by atoms with Crippen molar-refractivity contribution in [2.75, 3.05) is 13.7 Å². The van der Waals surface area contributed by atoms with Crippen molar-refractivity contribution in [1.82, 2.24) is 5.32 Å². The molecule has 0 radical (unpaired) electrons. The summed E-state index contributed by atoms with van der Waals surface area (Å²) in [7, 11) is 1.15. The van der Waals surface area contributed by atoms with Gasteiger partial charge in [0.2, 0.25) is 5.91 Å². The van der Waals surface area contributed by atoms with Crippen LogP contribution in [0, 0.1) is 11.8 Å². The van der Waals surface area contributed by atoms with Crippen molar-refractivity contribution < 1.29 is 24.2 Å². The molecule has 0 saturated heterocycles. The van der Waals surface area contributed by atoms with E-state index in [4.69, 9.17) is 10.8 Å². The van der Waals surface area contributed by atoms with Crippen LogP contribution in [0.15, 0.2) is 0 Å². The van der Waals surface area contributed by atoms with Gasteiger partial charge in [-0.25, -0.2) is 4.79 Å². The lowest BCUT2D eigenvalue weighted by atomic mass is 9.94. The van der Waals surface area contributed by atoms with Crippen LogP contribution in [0.1, 0.15) is 20.3 Å². The summed E-state index contributed by atoms with van der Waals surface area (Å²) in [5, 5.41) is 11.2. The number of carbonyl (C=O) groups is 3. The number of amides is 1. The molecular formula is C11H20N2O5. The lowest BCUT2D eigenvalue weighted by molar-refractivity contribution is -0.149. The highest BCUT2D eigenvalue weighted by atomic mass is 16.5. The molecule has 1 unspecified atom stereocenters. The molecular weight excluding hydrogens is 240 g/mol. The van der Waals surface area contributed by atoms with Crippen LogP contribution >= 0.6 is 0 Å². The fourth-order valence-electron chi connectivity index (χ4n) is 1.41. The smallest absolute Gasteiger partial charge is 0.326 e. The first kappa shape index (κ1) is 16.4. The Bertz CT molecular complexity index is 317. The predicted octanol–water partition coefficient (Wildman–Crippen LogP) is -0.650. The second-order valence-electron chi connectivity index (χ2n) is 4.27. The van der Waals surface area contributed by atoms with E-state index < -0.39 is 36.2 Å². The van der Waals surface area contributed by atoms with Gasteiger partial charge < -0.3 is 20.9 Å². The van der Waals surface area contributed by atoms with Gasteiger partial charge in [-0.15, -0.1) is 0 Å². The molecule has 0 aliphatic rings. The standard InChI is InChI=1S/C11H20N2O5/c1-6(2)7(5-12)10(15)13-8(11(16)17)4-9(14)18-3/h6-8H,4-5,12H2,1-3H3,(H,13,15)(H,16,17)/t7?,8-/m0/s1. The van der Waals surface area contributed by atoms with Crippen LogP contribution in [0.4, 0.5) is 0 Å². The lowest BCUT2D eigenvalue weighted by Gasteiger charge is -2.21. The number of ether oxygens (including phenoxy) is 1. The number of carbonyl (C=O) groups excluding carboxylic acids is 2. The number of carboxylic acids is 1. The Morgan fingerprint density at radius 2 is 1.89 bits per heavy atom. The molecule has 1 amide bonds. The Kier molecular flexibility index (Phi) is 6.96. The van der Waals surface area contributed by atoms with Gasteiger partial charge in [-0.1, -0.05) is 13.8 Å². The number of esters is 1. The van der Waals surface area contributed by atoms with Gasteiger partial charge in [-0.05, 0) is 5.92 Å². The molecule has 0 fully saturated rings. The van der Waals surface area contributed by atoms with Crippen molar-refractivity contribution in [1.29, 1.82) is 0 Å². The summed E-state index contributed by atoms with van der Waals surface area (Å²) in [6.07, 6.45) is -0.410. The topological polar surface area (TPSA) is 119 Å². The largest absolute Gasteiger partial charge is 0.480 e. The monoisotopic (exact) mass is 260 g/mol. The Morgan fingerprint density at radius 3 is 2.22 bits per heavy atom. The molecule has 7 nitrogen and oxygen atoms in total. The van der Waals surface area contributed by atoms with E-state index in [1.807, 2.05) is 13.8 Å². The maximum atomic E-state index is 11.8. The number of nitrogens with one attached hydrogen (secondary N) is 1. The molecule has 104 valence electrons. The Hall–Kier alpha value is -1.63. The number of rotatable bonds is 7. The third-order valence-corrected chi connectivity index (χ3v) is 2.61. The number of hydrogen-bond acceptors (Lipinski definition) is 5. The normalized spacial score (nSPS) is 13.8.